The molecule has 1 aliphatic carbocycles. The van der Waals surface area contributed by atoms with Crippen LogP contribution in [0.4, 0.5) is 0 Å². The molecule has 94 valence electrons. The number of carbonyl (C=O) groups excluding carboxylic acids is 2. The van der Waals surface area contributed by atoms with E-state index in [0.29, 0.717) is 11.1 Å². The van der Waals surface area contributed by atoms with E-state index in [9.17, 15) is 9.59 Å². The number of esters is 2. The molecular formula is C13H14N2O3. The standard InChI is InChI=1S/C13H14N2O3/c1-5-7-6(2)14-15-10(7)13(3,4)9-8(5)11(16)18-12(9)17/h10,15H,1-4H3. The first-order valence-electron chi connectivity index (χ1n) is 5.88. The summed E-state index contributed by atoms with van der Waals surface area (Å²) in [6.45, 7) is 7.61. The fourth-order valence-electron chi connectivity index (χ4n) is 3.10. The summed E-state index contributed by atoms with van der Waals surface area (Å²) in [7, 11) is 0. The normalized spacial score (nSPS) is 28.9. The highest BCUT2D eigenvalue weighted by atomic mass is 16.6. The molecule has 3 aliphatic rings. The van der Waals surface area contributed by atoms with Crippen LogP contribution < -0.4 is 5.43 Å². The van der Waals surface area contributed by atoms with Crippen molar-refractivity contribution in [3.63, 3.8) is 0 Å². The van der Waals surface area contributed by atoms with Crippen LogP contribution in [0.1, 0.15) is 27.7 Å². The van der Waals surface area contributed by atoms with Gasteiger partial charge in [0.25, 0.3) is 0 Å². The molecule has 5 heteroatoms. The van der Waals surface area contributed by atoms with Gasteiger partial charge in [-0.15, -0.1) is 0 Å². The van der Waals surface area contributed by atoms with Gasteiger partial charge in [-0.05, 0) is 19.4 Å². The van der Waals surface area contributed by atoms with E-state index in [2.05, 4.69) is 10.5 Å². The van der Waals surface area contributed by atoms with Crippen molar-refractivity contribution in [2.45, 2.75) is 33.7 Å². The topological polar surface area (TPSA) is 67.8 Å². The fraction of sp³-hybridized carbons (Fsp3) is 0.462. The number of nitrogens with one attached hydrogen (secondary N) is 1. The molecule has 0 aromatic carbocycles. The number of hydrogen-bond acceptors (Lipinski definition) is 5. The lowest BCUT2D eigenvalue weighted by atomic mass is 9.67. The molecule has 0 spiro atoms. The first-order valence-corrected chi connectivity index (χ1v) is 5.88. The minimum absolute atomic E-state index is 0.0744. The smallest absolute Gasteiger partial charge is 0.346 e. The Morgan fingerprint density at radius 3 is 2.56 bits per heavy atom. The van der Waals surface area contributed by atoms with Gasteiger partial charge in [-0.2, -0.15) is 5.10 Å². The van der Waals surface area contributed by atoms with Gasteiger partial charge in [-0.3, -0.25) is 0 Å². The summed E-state index contributed by atoms with van der Waals surface area (Å²) < 4.78 is 4.76. The Bertz CT molecular complexity index is 593. The van der Waals surface area contributed by atoms with Crippen LogP contribution in [0.3, 0.4) is 0 Å². The summed E-state index contributed by atoms with van der Waals surface area (Å²) >= 11 is 0. The van der Waals surface area contributed by atoms with Crippen LogP contribution in [0.15, 0.2) is 27.4 Å². The molecule has 1 unspecified atom stereocenters. The molecule has 0 fully saturated rings. The highest BCUT2D eigenvalue weighted by molar-refractivity contribution is 6.18. The molecule has 0 bridgehead atoms. The van der Waals surface area contributed by atoms with Crippen LogP contribution in [0, 0.1) is 5.41 Å². The van der Waals surface area contributed by atoms with Gasteiger partial charge in [0.15, 0.2) is 0 Å². The Morgan fingerprint density at radius 1 is 1.22 bits per heavy atom. The van der Waals surface area contributed by atoms with Gasteiger partial charge < -0.3 is 10.2 Å². The molecule has 0 aromatic heterocycles. The molecule has 3 rings (SSSR count). The van der Waals surface area contributed by atoms with E-state index in [1.807, 2.05) is 27.7 Å². The maximum absolute atomic E-state index is 11.9. The molecule has 1 atom stereocenters. The molecule has 1 N–H and O–H groups in total. The molecule has 0 saturated heterocycles. The van der Waals surface area contributed by atoms with E-state index in [1.54, 1.807) is 0 Å². The number of nitrogens with zero attached hydrogens (tertiary/aromatic N) is 1. The number of carbonyl (C=O) groups is 2. The molecule has 0 aromatic rings. The Kier molecular flexibility index (Phi) is 1.93. The third kappa shape index (κ3) is 1.09. The second kappa shape index (κ2) is 3.10. The zero-order chi connectivity index (χ0) is 13.2. The molecule has 5 nitrogen and oxygen atoms in total. The van der Waals surface area contributed by atoms with Crippen molar-refractivity contribution in [3.05, 3.63) is 22.3 Å². The van der Waals surface area contributed by atoms with Crippen LogP contribution >= 0.6 is 0 Å². The van der Waals surface area contributed by atoms with Gasteiger partial charge in [0.1, 0.15) is 0 Å². The third-order valence-corrected chi connectivity index (χ3v) is 4.03. The lowest BCUT2D eigenvalue weighted by Crippen LogP contribution is -2.44. The Morgan fingerprint density at radius 2 is 1.89 bits per heavy atom. The zero-order valence-corrected chi connectivity index (χ0v) is 10.7. The summed E-state index contributed by atoms with van der Waals surface area (Å²) in [4.78, 5) is 23.7. The second-order valence-electron chi connectivity index (χ2n) is 5.45. The van der Waals surface area contributed by atoms with Gasteiger partial charge in [0, 0.05) is 11.0 Å². The van der Waals surface area contributed by atoms with Crippen molar-refractivity contribution in [1.29, 1.82) is 0 Å². The SMILES string of the molecule is CC1=NNC2C1=C(C)C1=C(C(=O)OC1=O)C2(C)C. The predicted octanol–water partition coefficient (Wildman–Crippen LogP) is 1.07. The maximum atomic E-state index is 11.9. The van der Waals surface area contributed by atoms with Gasteiger partial charge >= 0.3 is 11.9 Å². The van der Waals surface area contributed by atoms with Gasteiger partial charge in [-0.25, -0.2) is 9.59 Å². The van der Waals surface area contributed by atoms with Gasteiger partial charge in [0.2, 0.25) is 0 Å². The number of cyclic esters (lactones) is 2. The van der Waals surface area contributed by atoms with E-state index in [4.69, 9.17) is 4.74 Å². The monoisotopic (exact) mass is 246 g/mol. The van der Waals surface area contributed by atoms with Crippen molar-refractivity contribution in [3.8, 4) is 0 Å². The largest absolute Gasteiger partial charge is 0.386 e. The van der Waals surface area contributed by atoms with Crippen LogP contribution in [-0.4, -0.2) is 23.7 Å². The van der Waals surface area contributed by atoms with E-state index in [-0.39, 0.29) is 6.04 Å². The first-order chi connectivity index (χ1) is 8.35. The number of ether oxygens (including phenoxy) is 1. The van der Waals surface area contributed by atoms with Crippen LogP contribution in [0.5, 0.6) is 0 Å². The van der Waals surface area contributed by atoms with Crippen molar-refractivity contribution >= 4 is 17.7 Å². The molecule has 18 heavy (non-hydrogen) atoms. The van der Waals surface area contributed by atoms with Crippen LogP contribution in [0.2, 0.25) is 0 Å². The second-order valence-corrected chi connectivity index (χ2v) is 5.45. The van der Waals surface area contributed by atoms with E-state index >= 15 is 0 Å². The lowest BCUT2D eigenvalue weighted by molar-refractivity contribution is -0.151. The van der Waals surface area contributed by atoms with E-state index in [1.165, 1.54) is 0 Å². The van der Waals surface area contributed by atoms with Crippen molar-refractivity contribution in [1.82, 2.24) is 5.43 Å². The lowest BCUT2D eigenvalue weighted by Gasteiger charge is -2.36. The average molecular weight is 246 g/mol. The zero-order valence-electron chi connectivity index (χ0n) is 10.7. The fourth-order valence-corrected chi connectivity index (χ4v) is 3.10. The number of hydrogen-bond donors (Lipinski definition) is 1. The van der Waals surface area contributed by atoms with Crippen molar-refractivity contribution in [2.75, 3.05) is 0 Å². The number of rotatable bonds is 0. The molecule has 0 amide bonds. The number of hydrazone groups is 1. The Hall–Kier alpha value is -1.91. The molecule has 0 radical (unpaired) electrons. The highest BCUT2D eigenvalue weighted by Crippen LogP contribution is 2.48. The minimum Gasteiger partial charge on any atom is -0.386 e. The maximum Gasteiger partial charge on any atom is 0.346 e. The van der Waals surface area contributed by atoms with Crippen LogP contribution in [0.25, 0.3) is 0 Å². The Labute approximate surface area is 105 Å². The summed E-state index contributed by atoms with van der Waals surface area (Å²) in [5, 5.41) is 4.22. The Balaban J connectivity index is 2.32. The van der Waals surface area contributed by atoms with Crippen molar-refractivity contribution in [2.24, 2.45) is 10.5 Å². The van der Waals surface area contributed by atoms with E-state index in [0.717, 1.165) is 16.9 Å². The van der Waals surface area contributed by atoms with Crippen LogP contribution in [-0.2, 0) is 14.3 Å². The van der Waals surface area contributed by atoms with Gasteiger partial charge in [-0.1, -0.05) is 13.8 Å². The van der Waals surface area contributed by atoms with Crippen molar-refractivity contribution < 1.29 is 14.3 Å². The quantitative estimate of drug-likeness (QED) is 0.513. The molecule has 0 saturated carbocycles. The minimum atomic E-state index is -0.536. The molecular weight excluding hydrogens is 232 g/mol. The summed E-state index contributed by atoms with van der Waals surface area (Å²) in [5.74, 6) is -1.06. The average Bonchev–Trinajstić information content (AvgIpc) is 2.78. The number of fused-ring (bicyclic) bond motifs is 1. The third-order valence-electron chi connectivity index (χ3n) is 4.03. The summed E-state index contributed by atoms with van der Waals surface area (Å²) in [6, 6.07) is -0.0744. The summed E-state index contributed by atoms with van der Waals surface area (Å²) in [5.41, 5.74) is 6.12. The molecule has 2 aliphatic heterocycles. The molecule has 2 heterocycles. The highest BCUT2D eigenvalue weighted by Gasteiger charge is 2.52. The summed E-state index contributed by atoms with van der Waals surface area (Å²) in [6.07, 6.45) is 0. The first kappa shape index (κ1) is 11.2. The van der Waals surface area contributed by atoms with E-state index < -0.39 is 17.4 Å². The predicted molar refractivity (Wildman–Crippen MR) is 64.6 cm³/mol. The van der Waals surface area contributed by atoms with Gasteiger partial charge in [0.05, 0.1) is 22.9 Å².